The summed E-state index contributed by atoms with van der Waals surface area (Å²) in [5.41, 5.74) is 2.79. The van der Waals surface area contributed by atoms with Crippen LogP contribution in [0.5, 0.6) is 0 Å². The minimum Gasteiger partial charge on any atom is -0.381 e. The van der Waals surface area contributed by atoms with Crippen molar-refractivity contribution < 1.29 is 19.1 Å². The van der Waals surface area contributed by atoms with Crippen LogP contribution in [0.1, 0.15) is 34.6 Å². The van der Waals surface area contributed by atoms with Gasteiger partial charge in [0.2, 0.25) is 0 Å². The molecule has 0 aliphatic carbocycles. The van der Waals surface area contributed by atoms with Crippen molar-refractivity contribution in [2.45, 2.75) is 31.4 Å². The van der Waals surface area contributed by atoms with Crippen molar-refractivity contribution in [3.63, 3.8) is 0 Å². The Kier molecular flexibility index (Phi) is 5.86. The molecule has 1 unspecified atom stereocenters. The smallest absolute Gasteiger partial charge is 0.254 e. The number of fused-ring (bicyclic) bond motifs is 1. The summed E-state index contributed by atoms with van der Waals surface area (Å²) >= 11 is 0. The first-order chi connectivity index (χ1) is 16.0. The van der Waals surface area contributed by atoms with Crippen molar-refractivity contribution in [2.75, 3.05) is 32.9 Å². The number of aromatic amines is 1. The molecular weight excluding hydrogens is 420 g/mol. The lowest BCUT2D eigenvalue weighted by molar-refractivity contribution is -0.140. The molecule has 33 heavy (non-hydrogen) atoms. The molecule has 8 nitrogen and oxygen atoms in total. The molecule has 1 atom stereocenters. The summed E-state index contributed by atoms with van der Waals surface area (Å²) in [5.74, 6) is 0.491. The summed E-state index contributed by atoms with van der Waals surface area (Å²) in [6.45, 7) is 4.03. The van der Waals surface area contributed by atoms with Crippen molar-refractivity contribution in [1.82, 2.24) is 20.2 Å². The predicted molar refractivity (Wildman–Crippen MR) is 123 cm³/mol. The number of imidazole rings is 1. The zero-order valence-electron chi connectivity index (χ0n) is 18.7. The molecule has 0 bridgehead atoms. The molecule has 2 saturated heterocycles. The van der Waals surface area contributed by atoms with Gasteiger partial charge in [-0.3, -0.25) is 9.59 Å². The van der Waals surface area contributed by atoms with Crippen LogP contribution in [-0.4, -0.2) is 65.7 Å². The van der Waals surface area contributed by atoms with E-state index in [9.17, 15) is 9.59 Å². The lowest BCUT2D eigenvalue weighted by atomic mass is 9.82. The molecule has 0 spiro atoms. The first kappa shape index (κ1) is 21.6. The quantitative estimate of drug-likeness (QED) is 0.639. The van der Waals surface area contributed by atoms with Crippen molar-refractivity contribution in [3.8, 4) is 0 Å². The molecule has 0 saturated carbocycles. The third-order valence-electron chi connectivity index (χ3n) is 6.53. The molecule has 2 N–H and O–H groups in total. The first-order valence-electron chi connectivity index (χ1n) is 11.4. The number of hydrogen-bond acceptors (Lipinski definition) is 5. The summed E-state index contributed by atoms with van der Waals surface area (Å²) in [6, 6.07) is 15.4. The number of aryl methyl sites for hydroxylation is 1. The Hall–Kier alpha value is -3.23. The largest absolute Gasteiger partial charge is 0.381 e. The van der Waals surface area contributed by atoms with E-state index in [0.717, 1.165) is 22.4 Å². The molecule has 2 aliphatic rings. The van der Waals surface area contributed by atoms with Crippen molar-refractivity contribution in [3.05, 3.63) is 65.5 Å². The number of morpholine rings is 1. The average molecular weight is 449 g/mol. The van der Waals surface area contributed by atoms with Crippen LogP contribution in [0.25, 0.3) is 11.0 Å². The maximum Gasteiger partial charge on any atom is 0.254 e. The minimum atomic E-state index is -0.718. The predicted octanol–water partition coefficient (Wildman–Crippen LogP) is 2.53. The van der Waals surface area contributed by atoms with Gasteiger partial charge in [-0.1, -0.05) is 30.3 Å². The van der Waals surface area contributed by atoms with E-state index in [1.807, 2.05) is 49.4 Å². The Labute approximate surface area is 192 Å². The third kappa shape index (κ3) is 4.36. The molecule has 2 aliphatic heterocycles. The molecule has 0 radical (unpaired) electrons. The molecule has 1 aromatic heterocycles. The molecule has 3 aromatic rings. The molecule has 172 valence electrons. The van der Waals surface area contributed by atoms with E-state index in [0.29, 0.717) is 44.8 Å². The number of ether oxygens (including phenoxy) is 2. The number of rotatable bonds is 4. The fourth-order valence-electron chi connectivity index (χ4n) is 4.72. The van der Waals surface area contributed by atoms with Crippen LogP contribution < -0.4 is 5.32 Å². The first-order valence-corrected chi connectivity index (χ1v) is 11.4. The van der Waals surface area contributed by atoms with E-state index >= 15 is 0 Å². The van der Waals surface area contributed by atoms with Crippen LogP contribution in [0.3, 0.4) is 0 Å². The maximum atomic E-state index is 13.3. The van der Waals surface area contributed by atoms with Gasteiger partial charge in [0.25, 0.3) is 11.8 Å². The lowest BCUT2D eigenvalue weighted by Crippen LogP contribution is -2.57. The van der Waals surface area contributed by atoms with E-state index in [-0.39, 0.29) is 18.4 Å². The molecular formula is C25H28N4O4. The van der Waals surface area contributed by atoms with Gasteiger partial charge in [-0.2, -0.15) is 0 Å². The third-order valence-corrected chi connectivity index (χ3v) is 6.53. The van der Waals surface area contributed by atoms with Gasteiger partial charge < -0.3 is 24.7 Å². The van der Waals surface area contributed by atoms with Crippen LogP contribution in [0.15, 0.2) is 48.5 Å². The number of H-pyrrole nitrogens is 1. The van der Waals surface area contributed by atoms with E-state index in [4.69, 9.17) is 9.47 Å². The van der Waals surface area contributed by atoms with E-state index in [1.54, 1.807) is 11.0 Å². The SMILES string of the molecule is Cc1nc2ccc(C(=O)N3CCOC(C(=O)NC4(c5ccccc5)CCOCC4)C3)cc2[nH]1. The van der Waals surface area contributed by atoms with Crippen molar-refractivity contribution in [2.24, 2.45) is 0 Å². The monoisotopic (exact) mass is 448 g/mol. The van der Waals surface area contributed by atoms with Gasteiger partial charge in [-0.25, -0.2) is 4.98 Å². The molecule has 2 fully saturated rings. The Morgan fingerprint density at radius 1 is 1.12 bits per heavy atom. The van der Waals surface area contributed by atoms with E-state index in [2.05, 4.69) is 15.3 Å². The molecule has 5 rings (SSSR count). The van der Waals surface area contributed by atoms with Crippen LogP contribution in [0, 0.1) is 6.92 Å². The summed E-state index contributed by atoms with van der Waals surface area (Å²) in [5, 5.41) is 3.25. The number of nitrogens with one attached hydrogen (secondary N) is 2. The highest BCUT2D eigenvalue weighted by molar-refractivity contribution is 5.98. The second kappa shape index (κ2) is 8.96. The number of hydrogen-bond donors (Lipinski definition) is 2. The summed E-state index contributed by atoms with van der Waals surface area (Å²) in [4.78, 5) is 35.7. The van der Waals surface area contributed by atoms with Gasteiger partial charge in [0.15, 0.2) is 6.10 Å². The van der Waals surface area contributed by atoms with E-state index < -0.39 is 11.6 Å². The van der Waals surface area contributed by atoms with Gasteiger partial charge in [0, 0.05) is 25.3 Å². The zero-order valence-corrected chi connectivity index (χ0v) is 18.7. The standard InChI is InChI=1S/C25H28N4O4/c1-17-26-20-8-7-18(15-21(20)27-17)24(31)29-11-14-33-22(16-29)23(30)28-25(9-12-32-13-10-25)19-5-3-2-4-6-19/h2-8,15,22H,9-14,16H2,1H3,(H,26,27)(H,28,30). The number of aromatic nitrogens is 2. The fourth-order valence-corrected chi connectivity index (χ4v) is 4.72. The number of benzene rings is 2. The van der Waals surface area contributed by atoms with E-state index in [1.165, 1.54) is 0 Å². The van der Waals surface area contributed by atoms with Crippen molar-refractivity contribution in [1.29, 1.82) is 0 Å². The van der Waals surface area contributed by atoms with Crippen molar-refractivity contribution >= 4 is 22.8 Å². The highest BCUT2D eigenvalue weighted by Gasteiger charge is 2.39. The van der Waals surface area contributed by atoms with Gasteiger partial charge in [0.05, 0.1) is 29.7 Å². The topological polar surface area (TPSA) is 96.6 Å². The molecule has 3 heterocycles. The second-order valence-electron chi connectivity index (χ2n) is 8.71. The fraction of sp³-hybridized carbons (Fsp3) is 0.400. The molecule has 8 heteroatoms. The normalized spacial score (nSPS) is 20.5. The Balaban J connectivity index is 1.31. The van der Waals surface area contributed by atoms with Crippen LogP contribution in [0.4, 0.5) is 0 Å². The number of amides is 2. The summed E-state index contributed by atoms with van der Waals surface area (Å²) in [7, 11) is 0. The van der Waals surface area contributed by atoms with Gasteiger partial charge >= 0.3 is 0 Å². The Morgan fingerprint density at radius 2 is 1.91 bits per heavy atom. The van der Waals surface area contributed by atoms with Gasteiger partial charge in [-0.05, 0) is 43.5 Å². The maximum absolute atomic E-state index is 13.3. The van der Waals surface area contributed by atoms with Crippen LogP contribution in [-0.2, 0) is 19.8 Å². The van der Waals surface area contributed by atoms with Gasteiger partial charge in [-0.15, -0.1) is 0 Å². The molecule has 2 aromatic carbocycles. The summed E-state index contributed by atoms with van der Waals surface area (Å²) < 4.78 is 11.4. The Morgan fingerprint density at radius 3 is 2.70 bits per heavy atom. The van der Waals surface area contributed by atoms with Gasteiger partial charge in [0.1, 0.15) is 5.82 Å². The number of carbonyl (C=O) groups excluding carboxylic acids is 2. The zero-order chi connectivity index (χ0) is 22.8. The van der Waals surface area contributed by atoms with Crippen LogP contribution in [0.2, 0.25) is 0 Å². The number of nitrogens with zero attached hydrogens (tertiary/aromatic N) is 2. The average Bonchev–Trinajstić information content (AvgIpc) is 3.24. The summed E-state index contributed by atoms with van der Waals surface area (Å²) in [6.07, 6.45) is 0.674. The Bertz CT molecular complexity index is 1150. The number of carbonyl (C=O) groups is 2. The highest BCUT2D eigenvalue weighted by atomic mass is 16.5. The molecule has 2 amide bonds. The minimum absolute atomic E-state index is 0.117. The van der Waals surface area contributed by atoms with Crippen LogP contribution >= 0.6 is 0 Å². The highest BCUT2D eigenvalue weighted by Crippen LogP contribution is 2.32. The lowest BCUT2D eigenvalue weighted by Gasteiger charge is -2.40. The second-order valence-corrected chi connectivity index (χ2v) is 8.71.